The van der Waals surface area contributed by atoms with Gasteiger partial charge in [0.05, 0.1) is 16.3 Å². The Morgan fingerprint density at radius 2 is 1.89 bits per heavy atom. The highest BCUT2D eigenvalue weighted by atomic mass is 35.5. The Kier molecular flexibility index (Phi) is 6.35. The van der Waals surface area contributed by atoms with Crippen LogP contribution in [0.1, 0.15) is 41.6 Å². The van der Waals surface area contributed by atoms with Gasteiger partial charge in [-0.2, -0.15) is 0 Å². The highest BCUT2D eigenvalue weighted by Gasteiger charge is 2.20. The van der Waals surface area contributed by atoms with Crippen LogP contribution in [0.3, 0.4) is 0 Å². The summed E-state index contributed by atoms with van der Waals surface area (Å²) in [5.74, 6) is -0.0618. The van der Waals surface area contributed by atoms with Gasteiger partial charge in [0.15, 0.2) is 6.61 Å². The third-order valence-corrected chi connectivity index (χ3v) is 4.89. The first-order chi connectivity index (χ1) is 13.0. The quantitative estimate of drug-likeness (QED) is 0.776. The van der Waals surface area contributed by atoms with Gasteiger partial charge >= 0.3 is 0 Å². The minimum atomic E-state index is -0.353. The Bertz CT molecular complexity index is 832. The number of carbonyl (C=O) groups is 2. The molecule has 5 nitrogen and oxygen atoms in total. The van der Waals surface area contributed by atoms with Crippen molar-refractivity contribution < 1.29 is 14.3 Å². The van der Waals surface area contributed by atoms with Crippen molar-refractivity contribution in [1.82, 2.24) is 5.32 Å². The Labute approximate surface area is 164 Å². The largest absolute Gasteiger partial charge is 0.482 e. The molecule has 142 valence electrons. The Hall–Kier alpha value is -2.53. The van der Waals surface area contributed by atoms with E-state index in [1.807, 2.05) is 13.0 Å². The van der Waals surface area contributed by atoms with E-state index in [0.29, 0.717) is 22.0 Å². The number of hydrogen-bond acceptors (Lipinski definition) is 3. The first-order valence-corrected chi connectivity index (χ1v) is 9.49. The summed E-state index contributed by atoms with van der Waals surface area (Å²) < 4.78 is 5.52. The molecule has 2 aromatic carbocycles. The molecule has 1 fully saturated rings. The maximum Gasteiger partial charge on any atom is 0.262 e. The molecule has 0 spiro atoms. The van der Waals surface area contributed by atoms with Gasteiger partial charge < -0.3 is 15.4 Å². The van der Waals surface area contributed by atoms with E-state index in [1.165, 1.54) is 0 Å². The molecule has 2 amide bonds. The highest BCUT2D eigenvalue weighted by Crippen LogP contribution is 2.25. The van der Waals surface area contributed by atoms with Crippen LogP contribution in [0.15, 0.2) is 42.5 Å². The smallest absolute Gasteiger partial charge is 0.262 e. The normalized spacial score (nSPS) is 14.0. The molecule has 2 N–H and O–H groups in total. The lowest BCUT2D eigenvalue weighted by molar-refractivity contribution is -0.118. The predicted molar refractivity (Wildman–Crippen MR) is 106 cm³/mol. The van der Waals surface area contributed by atoms with Crippen molar-refractivity contribution in [3.63, 3.8) is 0 Å². The van der Waals surface area contributed by atoms with Gasteiger partial charge in [0.1, 0.15) is 5.75 Å². The second-order valence-electron chi connectivity index (χ2n) is 6.77. The van der Waals surface area contributed by atoms with Crippen molar-refractivity contribution >= 4 is 29.1 Å². The lowest BCUT2D eigenvalue weighted by atomic mass is 10.1. The van der Waals surface area contributed by atoms with Gasteiger partial charge in [-0.25, -0.2) is 0 Å². The monoisotopic (exact) mass is 386 g/mol. The fraction of sp³-hybridized carbons (Fsp3) is 0.333. The lowest BCUT2D eigenvalue weighted by Gasteiger charge is -2.15. The number of hydrogen-bond donors (Lipinski definition) is 2. The molecule has 0 saturated heterocycles. The van der Waals surface area contributed by atoms with E-state index >= 15 is 0 Å². The number of halogens is 1. The maximum absolute atomic E-state index is 12.6. The van der Waals surface area contributed by atoms with Crippen LogP contribution in [0, 0.1) is 6.92 Å². The number of anilines is 1. The van der Waals surface area contributed by atoms with Crippen LogP contribution in [0.25, 0.3) is 0 Å². The fourth-order valence-electron chi connectivity index (χ4n) is 3.17. The van der Waals surface area contributed by atoms with Gasteiger partial charge in [0.25, 0.3) is 11.8 Å². The Morgan fingerprint density at radius 3 is 2.67 bits per heavy atom. The van der Waals surface area contributed by atoms with Crippen molar-refractivity contribution in [1.29, 1.82) is 0 Å². The minimum absolute atomic E-state index is 0.166. The van der Waals surface area contributed by atoms with E-state index in [0.717, 1.165) is 31.2 Å². The van der Waals surface area contributed by atoms with Crippen LogP contribution in [0.2, 0.25) is 5.02 Å². The molecule has 1 aliphatic carbocycles. The molecule has 0 bridgehead atoms. The third-order valence-electron chi connectivity index (χ3n) is 4.58. The molecule has 2 aromatic rings. The zero-order valence-corrected chi connectivity index (χ0v) is 16.0. The van der Waals surface area contributed by atoms with Crippen LogP contribution in [-0.4, -0.2) is 24.5 Å². The van der Waals surface area contributed by atoms with Crippen molar-refractivity contribution in [3.8, 4) is 5.75 Å². The topological polar surface area (TPSA) is 67.4 Å². The van der Waals surface area contributed by atoms with Crippen molar-refractivity contribution in [2.45, 2.75) is 38.6 Å². The van der Waals surface area contributed by atoms with Gasteiger partial charge in [0, 0.05) is 6.04 Å². The maximum atomic E-state index is 12.6. The van der Waals surface area contributed by atoms with E-state index in [2.05, 4.69) is 10.6 Å². The second kappa shape index (κ2) is 8.91. The van der Waals surface area contributed by atoms with Gasteiger partial charge in [-0.1, -0.05) is 42.6 Å². The lowest BCUT2D eigenvalue weighted by Crippen LogP contribution is -2.33. The molecule has 0 unspecified atom stereocenters. The molecule has 3 rings (SSSR count). The zero-order chi connectivity index (χ0) is 19.2. The Balaban J connectivity index is 1.62. The standard InChI is InChI=1S/C21H23ClN2O3/c1-14-10-11-17(22)19(12-14)27-13-20(25)24-18-9-5-4-8-16(18)21(26)23-15-6-2-3-7-15/h4-5,8-12,15H,2-3,6-7,13H2,1H3,(H,23,26)(H,24,25). The van der Waals surface area contributed by atoms with Crippen LogP contribution in [0.4, 0.5) is 5.69 Å². The highest BCUT2D eigenvalue weighted by molar-refractivity contribution is 6.32. The zero-order valence-electron chi connectivity index (χ0n) is 15.3. The minimum Gasteiger partial charge on any atom is -0.482 e. The number of carbonyl (C=O) groups excluding carboxylic acids is 2. The van der Waals surface area contributed by atoms with Crippen molar-refractivity contribution in [3.05, 3.63) is 58.6 Å². The summed E-state index contributed by atoms with van der Waals surface area (Å²) in [4.78, 5) is 24.8. The molecule has 0 atom stereocenters. The number of amides is 2. The number of aryl methyl sites for hydroxylation is 1. The first-order valence-electron chi connectivity index (χ1n) is 9.11. The van der Waals surface area contributed by atoms with Crippen LogP contribution in [-0.2, 0) is 4.79 Å². The Morgan fingerprint density at radius 1 is 1.15 bits per heavy atom. The van der Waals surface area contributed by atoms with E-state index in [1.54, 1.807) is 36.4 Å². The van der Waals surface area contributed by atoms with Gasteiger partial charge in [0.2, 0.25) is 0 Å². The average Bonchev–Trinajstić information content (AvgIpc) is 3.16. The molecule has 1 saturated carbocycles. The molecular formula is C21H23ClN2O3. The number of para-hydroxylation sites is 1. The molecule has 1 aliphatic rings. The fourth-order valence-corrected chi connectivity index (χ4v) is 3.35. The van der Waals surface area contributed by atoms with Crippen molar-refractivity contribution in [2.75, 3.05) is 11.9 Å². The summed E-state index contributed by atoms with van der Waals surface area (Å²) in [5, 5.41) is 6.24. The molecule has 0 heterocycles. The molecule has 0 aliphatic heterocycles. The van der Waals surface area contributed by atoms with Crippen LogP contribution in [0.5, 0.6) is 5.75 Å². The number of rotatable bonds is 6. The first kappa shape index (κ1) is 19.2. The summed E-state index contributed by atoms with van der Waals surface area (Å²) in [6.45, 7) is 1.73. The number of benzene rings is 2. The van der Waals surface area contributed by atoms with E-state index in [9.17, 15) is 9.59 Å². The third kappa shape index (κ3) is 5.23. The van der Waals surface area contributed by atoms with E-state index in [-0.39, 0.29) is 24.5 Å². The second-order valence-corrected chi connectivity index (χ2v) is 7.18. The molecule has 6 heteroatoms. The van der Waals surface area contributed by atoms with Crippen LogP contribution >= 0.6 is 11.6 Å². The summed E-state index contributed by atoms with van der Waals surface area (Å²) in [7, 11) is 0. The van der Waals surface area contributed by atoms with Gasteiger partial charge in [-0.15, -0.1) is 0 Å². The van der Waals surface area contributed by atoms with E-state index < -0.39 is 0 Å². The SMILES string of the molecule is Cc1ccc(Cl)c(OCC(=O)Nc2ccccc2C(=O)NC2CCCC2)c1. The average molecular weight is 387 g/mol. The summed E-state index contributed by atoms with van der Waals surface area (Å²) in [6.07, 6.45) is 4.29. The van der Waals surface area contributed by atoms with Crippen molar-refractivity contribution in [2.24, 2.45) is 0 Å². The molecule has 0 radical (unpaired) electrons. The summed E-state index contributed by atoms with van der Waals surface area (Å²) in [6, 6.07) is 12.6. The van der Waals surface area contributed by atoms with E-state index in [4.69, 9.17) is 16.3 Å². The molecular weight excluding hydrogens is 364 g/mol. The number of nitrogens with one attached hydrogen (secondary N) is 2. The van der Waals surface area contributed by atoms with Gasteiger partial charge in [-0.3, -0.25) is 9.59 Å². The predicted octanol–water partition coefficient (Wildman–Crippen LogP) is 4.34. The summed E-state index contributed by atoms with van der Waals surface area (Å²) in [5.41, 5.74) is 1.91. The number of ether oxygens (including phenoxy) is 1. The van der Waals surface area contributed by atoms with Gasteiger partial charge in [-0.05, 0) is 49.6 Å². The van der Waals surface area contributed by atoms with Crippen LogP contribution < -0.4 is 15.4 Å². The molecule has 0 aromatic heterocycles. The summed E-state index contributed by atoms with van der Waals surface area (Å²) >= 11 is 6.08. The molecule has 27 heavy (non-hydrogen) atoms.